The van der Waals surface area contributed by atoms with E-state index in [4.69, 9.17) is 0 Å². The maximum absolute atomic E-state index is 11.2. The van der Waals surface area contributed by atoms with Crippen LogP contribution in [0.2, 0.25) is 0 Å². The number of nitrogens with zero attached hydrogens (tertiary/aromatic N) is 1. The molecule has 86 valence electrons. The fourth-order valence-corrected chi connectivity index (χ4v) is 1.58. The summed E-state index contributed by atoms with van der Waals surface area (Å²) in [6.07, 6.45) is 1.35. The quantitative estimate of drug-likeness (QED) is 0.596. The van der Waals surface area contributed by atoms with Crippen molar-refractivity contribution in [2.24, 2.45) is 0 Å². The van der Waals surface area contributed by atoms with E-state index in [1.807, 2.05) is 0 Å². The molecule has 1 aromatic carbocycles. The van der Waals surface area contributed by atoms with Crippen LogP contribution in [-0.4, -0.2) is 19.1 Å². The average molecular weight is 241 g/mol. The van der Waals surface area contributed by atoms with Gasteiger partial charge in [-0.1, -0.05) is 19.1 Å². The molecule has 1 aromatic rings. The van der Waals surface area contributed by atoms with Crippen LogP contribution in [0.4, 0.5) is 5.69 Å². The Labute approximate surface area is 93.5 Å². The van der Waals surface area contributed by atoms with Crippen LogP contribution in [0.25, 0.3) is 6.08 Å². The summed E-state index contributed by atoms with van der Waals surface area (Å²) in [7, 11) is -3.20. The molecule has 0 fully saturated rings. The zero-order valence-electron chi connectivity index (χ0n) is 8.66. The predicted molar refractivity (Wildman–Crippen MR) is 61.6 cm³/mol. The molecule has 0 spiro atoms. The van der Waals surface area contributed by atoms with Crippen LogP contribution in [0.3, 0.4) is 0 Å². The number of rotatable bonds is 4. The highest BCUT2D eigenvalue weighted by Gasteiger charge is 2.05. The molecule has 0 saturated carbocycles. The van der Waals surface area contributed by atoms with E-state index in [2.05, 4.69) is 0 Å². The zero-order chi connectivity index (χ0) is 12.2. The fraction of sp³-hybridized carbons (Fsp3) is 0.200. The minimum atomic E-state index is -3.20. The fourth-order valence-electron chi connectivity index (χ4n) is 1.02. The number of hydrogen-bond acceptors (Lipinski definition) is 4. The Balaban J connectivity index is 2.99. The van der Waals surface area contributed by atoms with Crippen molar-refractivity contribution in [1.82, 2.24) is 0 Å². The molecule has 0 bridgehead atoms. The lowest BCUT2D eigenvalue weighted by Gasteiger charge is -1.94. The number of non-ortho nitro benzene ring substituents is 1. The van der Waals surface area contributed by atoms with E-state index < -0.39 is 14.8 Å². The van der Waals surface area contributed by atoms with E-state index in [0.29, 0.717) is 5.56 Å². The van der Waals surface area contributed by atoms with Gasteiger partial charge in [-0.05, 0) is 11.6 Å². The highest BCUT2D eigenvalue weighted by Crippen LogP contribution is 2.14. The van der Waals surface area contributed by atoms with Crippen molar-refractivity contribution in [3.8, 4) is 0 Å². The summed E-state index contributed by atoms with van der Waals surface area (Å²) in [4.78, 5) is 9.95. The number of nitro benzene ring substituents is 1. The van der Waals surface area contributed by atoms with Gasteiger partial charge >= 0.3 is 0 Å². The molecule has 0 atom stereocenters. The summed E-state index contributed by atoms with van der Waals surface area (Å²) < 4.78 is 22.3. The molecule has 0 radical (unpaired) electrons. The highest BCUT2D eigenvalue weighted by atomic mass is 32.2. The number of hydrogen-bond donors (Lipinski definition) is 0. The Kier molecular flexibility index (Phi) is 3.78. The molecule has 16 heavy (non-hydrogen) atoms. The van der Waals surface area contributed by atoms with Crippen LogP contribution < -0.4 is 0 Å². The molecule has 1 rings (SSSR count). The molecule has 0 amide bonds. The van der Waals surface area contributed by atoms with Crippen molar-refractivity contribution in [1.29, 1.82) is 0 Å². The summed E-state index contributed by atoms with van der Waals surface area (Å²) in [6.45, 7) is 1.53. The Morgan fingerprint density at radius 1 is 1.44 bits per heavy atom. The monoisotopic (exact) mass is 241 g/mol. The van der Waals surface area contributed by atoms with Gasteiger partial charge in [-0.2, -0.15) is 0 Å². The van der Waals surface area contributed by atoms with E-state index in [-0.39, 0.29) is 11.4 Å². The molecule has 0 heterocycles. The Morgan fingerprint density at radius 3 is 2.69 bits per heavy atom. The third kappa shape index (κ3) is 3.47. The Bertz CT molecular complexity index is 519. The van der Waals surface area contributed by atoms with Crippen LogP contribution in [0, 0.1) is 10.1 Å². The summed E-state index contributed by atoms with van der Waals surface area (Å²) in [6, 6.07) is 5.79. The predicted octanol–water partition coefficient (Wildman–Crippen LogP) is 2.00. The van der Waals surface area contributed by atoms with Crippen LogP contribution >= 0.6 is 0 Å². The Hall–Kier alpha value is -1.69. The van der Waals surface area contributed by atoms with E-state index >= 15 is 0 Å². The normalized spacial score (nSPS) is 11.8. The van der Waals surface area contributed by atoms with E-state index in [1.165, 1.54) is 31.2 Å². The van der Waals surface area contributed by atoms with Crippen molar-refractivity contribution in [2.45, 2.75) is 6.92 Å². The van der Waals surface area contributed by atoms with Gasteiger partial charge in [-0.15, -0.1) is 0 Å². The van der Waals surface area contributed by atoms with Gasteiger partial charge in [0.15, 0.2) is 9.84 Å². The van der Waals surface area contributed by atoms with Crippen LogP contribution in [0.5, 0.6) is 0 Å². The zero-order valence-corrected chi connectivity index (χ0v) is 9.48. The second-order valence-corrected chi connectivity index (χ2v) is 5.28. The SMILES string of the molecule is CCS(=O)(=O)/C=C/c1cccc([N+](=O)[O-])c1. The minimum Gasteiger partial charge on any atom is -0.258 e. The van der Waals surface area contributed by atoms with E-state index in [0.717, 1.165) is 5.41 Å². The minimum absolute atomic E-state index is 0.0123. The van der Waals surface area contributed by atoms with Crippen LogP contribution in [0.1, 0.15) is 12.5 Å². The van der Waals surface area contributed by atoms with Gasteiger partial charge in [0.1, 0.15) is 0 Å². The number of benzene rings is 1. The number of nitro groups is 1. The van der Waals surface area contributed by atoms with Crippen molar-refractivity contribution in [2.75, 3.05) is 5.75 Å². The maximum Gasteiger partial charge on any atom is 0.270 e. The standard InChI is InChI=1S/C10H11NO4S/c1-2-16(14,15)7-6-9-4-3-5-10(8-9)11(12)13/h3-8H,2H2,1H3/b7-6+. The summed E-state index contributed by atoms with van der Waals surface area (Å²) in [5.41, 5.74) is 0.433. The van der Waals surface area contributed by atoms with Crippen LogP contribution in [0.15, 0.2) is 29.7 Å². The molecule has 0 aromatic heterocycles. The highest BCUT2D eigenvalue weighted by molar-refractivity contribution is 7.94. The molecular formula is C10H11NO4S. The third-order valence-electron chi connectivity index (χ3n) is 1.95. The van der Waals surface area contributed by atoms with Gasteiger partial charge in [0.2, 0.25) is 0 Å². The van der Waals surface area contributed by atoms with Gasteiger partial charge in [0, 0.05) is 17.5 Å². The Morgan fingerprint density at radius 2 is 2.12 bits per heavy atom. The molecule has 0 aliphatic heterocycles. The summed E-state index contributed by atoms with van der Waals surface area (Å²) >= 11 is 0. The largest absolute Gasteiger partial charge is 0.270 e. The average Bonchev–Trinajstić information content (AvgIpc) is 2.27. The molecule has 6 heteroatoms. The lowest BCUT2D eigenvalue weighted by atomic mass is 10.2. The second-order valence-electron chi connectivity index (χ2n) is 3.11. The lowest BCUT2D eigenvalue weighted by Crippen LogP contribution is -1.96. The molecule has 0 unspecified atom stereocenters. The molecular weight excluding hydrogens is 230 g/mol. The number of sulfone groups is 1. The first-order valence-corrected chi connectivity index (χ1v) is 6.31. The molecule has 0 aliphatic rings. The van der Waals surface area contributed by atoms with Gasteiger partial charge in [0.05, 0.1) is 10.7 Å². The van der Waals surface area contributed by atoms with E-state index in [9.17, 15) is 18.5 Å². The lowest BCUT2D eigenvalue weighted by molar-refractivity contribution is -0.384. The van der Waals surface area contributed by atoms with Gasteiger partial charge < -0.3 is 0 Å². The summed E-state index contributed by atoms with van der Waals surface area (Å²) in [5, 5.41) is 11.5. The topological polar surface area (TPSA) is 77.3 Å². The summed E-state index contributed by atoms with van der Waals surface area (Å²) in [5.74, 6) is 0.0123. The van der Waals surface area contributed by atoms with E-state index in [1.54, 1.807) is 6.07 Å². The first kappa shape index (κ1) is 12.4. The van der Waals surface area contributed by atoms with Gasteiger partial charge in [-0.25, -0.2) is 8.42 Å². The van der Waals surface area contributed by atoms with Crippen LogP contribution in [-0.2, 0) is 9.84 Å². The molecule has 0 saturated heterocycles. The van der Waals surface area contributed by atoms with Crippen molar-refractivity contribution < 1.29 is 13.3 Å². The third-order valence-corrected chi connectivity index (χ3v) is 3.31. The van der Waals surface area contributed by atoms with Crippen molar-refractivity contribution >= 4 is 21.6 Å². The first-order chi connectivity index (χ1) is 7.44. The molecule has 5 nitrogen and oxygen atoms in total. The molecule has 0 aliphatic carbocycles. The second kappa shape index (κ2) is 4.89. The maximum atomic E-state index is 11.2. The van der Waals surface area contributed by atoms with Gasteiger partial charge in [0.25, 0.3) is 5.69 Å². The van der Waals surface area contributed by atoms with Crippen molar-refractivity contribution in [3.05, 3.63) is 45.4 Å². The molecule has 0 N–H and O–H groups in total. The van der Waals surface area contributed by atoms with Gasteiger partial charge in [-0.3, -0.25) is 10.1 Å². The smallest absolute Gasteiger partial charge is 0.258 e. The first-order valence-electron chi connectivity index (χ1n) is 4.60. The van der Waals surface area contributed by atoms with Crippen molar-refractivity contribution in [3.63, 3.8) is 0 Å².